The zero-order valence-electron chi connectivity index (χ0n) is 10.5. The molecular formula is C13H16BrN3O. The lowest BCUT2D eigenvalue weighted by Crippen LogP contribution is -2.04. The number of methoxy groups -OCH3 is 1. The van der Waals surface area contributed by atoms with Gasteiger partial charge in [0.2, 0.25) is 0 Å². The van der Waals surface area contributed by atoms with Gasteiger partial charge in [0.15, 0.2) is 0 Å². The van der Waals surface area contributed by atoms with Gasteiger partial charge in [-0.05, 0) is 24.1 Å². The first-order valence-electron chi connectivity index (χ1n) is 5.73. The van der Waals surface area contributed by atoms with Crippen molar-refractivity contribution in [3.05, 3.63) is 40.6 Å². The Morgan fingerprint density at radius 3 is 2.89 bits per heavy atom. The molecule has 2 rings (SSSR count). The smallest absolute Gasteiger partial charge is 0.122 e. The fraction of sp³-hybridized carbons (Fsp3) is 0.308. The number of hydrogen-bond donors (Lipinski definition) is 1. The molecule has 0 spiro atoms. The molecule has 1 heterocycles. The van der Waals surface area contributed by atoms with Crippen LogP contribution in [0.5, 0.6) is 5.75 Å². The van der Waals surface area contributed by atoms with Crippen molar-refractivity contribution in [1.29, 1.82) is 0 Å². The molecule has 2 aromatic rings. The van der Waals surface area contributed by atoms with E-state index in [0.29, 0.717) is 0 Å². The molecule has 0 aliphatic heterocycles. The van der Waals surface area contributed by atoms with E-state index in [0.717, 1.165) is 28.9 Å². The Morgan fingerprint density at radius 1 is 1.39 bits per heavy atom. The molecule has 5 heteroatoms. The van der Waals surface area contributed by atoms with Crippen molar-refractivity contribution in [1.82, 2.24) is 9.78 Å². The standard InChI is InChI=1S/C13H16BrN3O/c1-17-9-10(8-16-17)3-4-15-12-5-11(14)6-13(7-12)18-2/h5-9,15H,3-4H2,1-2H3. The van der Waals surface area contributed by atoms with Crippen LogP contribution in [0.3, 0.4) is 0 Å². The Morgan fingerprint density at radius 2 is 2.22 bits per heavy atom. The van der Waals surface area contributed by atoms with Gasteiger partial charge in [0.25, 0.3) is 0 Å². The number of nitrogens with one attached hydrogen (secondary N) is 1. The normalized spacial score (nSPS) is 10.4. The second-order valence-corrected chi connectivity index (χ2v) is 4.99. The molecule has 1 aromatic heterocycles. The fourth-order valence-electron chi connectivity index (χ4n) is 1.73. The van der Waals surface area contributed by atoms with Crippen molar-refractivity contribution in [3.8, 4) is 5.75 Å². The van der Waals surface area contributed by atoms with Gasteiger partial charge in [0.1, 0.15) is 5.75 Å². The molecule has 0 saturated heterocycles. The van der Waals surface area contributed by atoms with E-state index < -0.39 is 0 Å². The van der Waals surface area contributed by atoms with Crippen LogP contribution in [0, 0.1) is 0 Å². The predicted octanol–water partition coefficient (Wildman–Crippen LogP) is 2.85. The second-order valence-electron chi connectivity index (χ2n) is 4.08. The Balaban J connectivity index is 1.91. The number of rotatable bonds is 5. The van der Waals surface area contributed by atoms with Crippen LogP contribution in [0.15, 0.2) is 35.1 Å². The summed E-state index contributed by atoms with van der Waals surface area (Å²) >= 11 is 3.46. The number of aromatic nitrogens is 2. The summed E-state index contributed by atoms with van der Waals surface area (Å²) in [5.41, 5.74) is 2.28. The van der Waals surface area contributed by atoms with Gasteiger partial charge in [-0.1, -0.05) is 15.9 Å². The number of ether oxygens (including phenoxy) is 1. The summed E-state index contributed by atoms with van der Waals surface area (Å²) in [6, 6.07) is 5.95. The van der Waals surface area contributed by atoms with E-state index in [4.69, 9.17) is 4.74 Å². The highest BCUT2D eigenvalue weighted by Crippen LogP contribution is 2.24. The number of halogens is 1. The first-order chi connectivity index (χ1) is 8.67. The van der Waals surface area contributed by atoms with E-state index in [1.165, 1.54) is 5.56 Å². The van der Waals surface area contributed by atoms with Gasteiger partial charge in [-0.2, -0.15) is 5.10 Å². The molecule has 18 heavy (non-hydrogen) atoms. The number of benzene rings is 1. The van der Waals surface area contributed by atoms with Crippen LogP contribution in [-0.4, -0.2) is 23.4 Å². The Kier molecular flexibility index (Phi) is 4.25. The van der Waals surface area contributed by atoms with Gasteiger partial charge in [0, 0.05) is 36.0 Å². The Bertz CT molecular complexity index is 525. The molecule has 1 N–H and O–H groups in total. The summed E-state index contributed by atoms with van der Waals surface area (Å²) in [7, 11) is 3.59. The average Bonchev–Trinajstić information content (AvgIpc) is 2.74. The minimum absolute atomic E-state index is 0.841. The molecule has 0 radical (unpaired) electrons. The highest BCUT2D eigenvalue weighted by molar-refractivity contribution is 9.10. The van der Waals surface area contributed by atoms with Crippen LogP contribution in [-0.2, 0) is 13.5 Å². The number of hydrogen-bond acceptors (Lipinski definition) is 3. The Hall–Kier alpha value is -1.49. The van der Waals surface area contributed by atoms with Gasteiger partial charge < -0.3 is 10.1 Å². The topological polar surface area (TPSA) is 39.1 Å². The van der Waals surface area contributed by atoms with Crippen LogP contribution < -0.4 is 10.1 Å². The van der Waals surface area contributed by atoms with Crippen LogP contribution in [0.2, 0.25) is 0 Å². The predicted molar refractivity (Wildman–Crippen MR) is 76.1 cm³/mol. The molecule has 0 aliphatic carbocycles. The largest absolute Gasteiger partial charge is 0.497 e. The van der Waals surface area contributed by atoms with Gasteiger partial charge in [0.05, 0.1) is 13.3 Å². The first-order valence-corrected chi connectivity index (χ1v) is 6.52. The van der Waals surface area contributed by atoms with Crippen LogP contribution in [0.25, 0.3) is 0 Å². The van der Waals surface area contributed by atoms with E-state index in [1.807, 2.05) is 42.3 Å². The zero-order chi connectivity index (χ0) is 13.0. The lowest BCUT2D eigenvalue weighted by molar-refractivity contribution is 0.414. The van der Waals surface area contributed by atoms with Crippen LogP contribution in [0.1, 0.15) is 5.56 Å². The minimum Gasteiger partial charge on any atom is -0.497 e. The van der Waals surface area contributed by atoms with Crippen molar-refractivity contribution in [2.45, 2.75) is 6.42 Å². The highest BCUT2D eigenvalue weighted by atomic mass is 79.9. The number of aryl methyl sites for hydroxylation is 1. The second kappa shape index (κ2) is 5.91. The molecule has 1 aromatic carbocycles. The molecule has 0 unspecified atom stereocenters. The summed E-state index contributed by atoms with van der Waals surface area (Å²) < 4.78 is 8.04. The summed E-state index contributed by atoms with van der Waals surface area (Å²) in [6.07, 6.45) is 4.87. The molecule has 0 bridgehead atoms. The molecule has 0 aliphatic rings. The molecule has 0 fully saturated rings. The van der Waals surface area contributed by atoms with Crippen molar-refractivity contribution in [3.63, 3.8) is 0 Å². The lowest BCUT2D eigenvalue weighted by Gasteiger charge is -2.08. The number of anilines is 1. The minimum atomic E-state index is 0.841. The average molecular weight is 310 g/mol. The van der Waals surface area contributed by atoms with Gasteiger partial charge in [-0.3, -0.25) is 4.68 Å². The van der Waals surface area contributed by atoms with Crippen molar-refractivity contribution < 1.29 is 4.74 Å². The quantitative estimate of drug-likeness (QED) is 0.923. The molecule has 96 valence electrons. The monoisotopic (exact) mass is 309 g/mol. The van der Waals surface area contributed by atoms with Gasteiger partial charge in [-0.15, -0.1) is 0 Å². The van der Waals surface area contributed by atoms with E-state index in [1.54, 1.807) is 7.11 Å². The fourth-order valence-corrected chi connectivity index (χ4v) is 2.21. The third kappa shape index (κ3) is 3.50. The van der Waals surface area contributed by atoms with E-state index in [2.05, 4.69) is 26.3 Å². The van der Waals surface area contributed by atoms with E-state index in [-0.39, 0.29) is 0 Å². The van der Waals surface area contributed by atoms with Crippen LogP contribution >= 0.6 is 15.9 Å². The Labute approximate surface area is 115 Å². The summed E-state index contributed by atoms with van der Waals surface area (Å²) in [5.74, 6) is 0.841. The van der Waals surface area contributed by atoms with Crippen molar-refractivity contribution >= 4 is 21.6 Å². The summed E-state index contributed by atoms with van der Waals surface area (Å²) in [5, 5.41) is 7.52. The number of nitrogens with zero attached hydrogens (tertiary/aromatic N) is 2. The van der Waals surface area contributed by atoms with Crippen molar-refractivity contribution in [2.75, 3.05) is 19.0 Å². The zero-order valence-corrected chi connectivity index (χ0v) is 12.1. The van der Waals surface area contributed by atoms with Gasteiger partial charge in [-0.25, -0.2) is 0 Å². The molecular weight excluding hydrogens is 294 g/mol. The SMILES string of the molecule is COc1cc(Br)cc(NCCc2cnn(C)c2)c1. The van der Waals surface area contributed by atoms with E-state index in [9.17, 15) is 0 Å². The van der Waals surface area contributed by atoms with Gasteiger partial charge >= 0.3 is 0 Å². The first kappa shape index (κ1) is 13.0. The van der Waals surface area contributed by atoms with E-state index >= 15 is 0 Å². The lowest BCUT2D eigenvalue weighted by atomic mass is 10.2. The molecule has 0 atom stereocenters. The van der Waals surface area contributed by atoms with Crippen LogP contribution in [0.4, 0.5) is 5.69 Å². The maximum atomic E-state index is 5.22. The summed E-state index contributed by atoms with van der Waals surface area (Å²) in [4.78, 5) is 0. The molecule has 4 nitrogen and oxygen atoms in total. The summed E-state index contributed by atoms with van der Waals surface area (Å²) in [6.45, 7) is 0.866. The molecule has 0 saturated carbocycles. The third-order valence-corrected chi connectivity index (χ3v) is 3.07. The molecule has 0 amide bonds. The maximum absolute atomic E-state index is 5.22. The highest BCUT2D eigenvalue weighted by Gasteiger charge is 2.00. The van der Waals surface area contributed by atoms with Crippen molar-refractivity contribution in [2.24, 2.45) is 7.05 Å². The maximum Gasteiger partial charge on any atom is 0.122 e. The third-order valence-electron chi connectivity index (χ3n) is 2.61.